The van der Waals surface area contributed by atoms with Crippen LogP contribution in [0.15, 0.2) is 53.5 Å². The fourth-order valence-corrected chi connectivity index (χ4v) is 2.81. The molecule has 0 saturated carbocycles. The molecule has 4 N–H and O–H groups in total. The zero-order valence-electron chi connectivity index (χ0n) is 14.4. The van der Waals surface area contributed by atoms with Crippen LogP contribution < -0.4 is 15.8 Å². The topological polar surface area (TPSA) is 75.4 Å². The van der Waals surface area contributed by atoms with Crippen molar-refractivity contribution in [3.8, 4) is 5.75 Å². The Hall–Kier alpha value is -2.22. The van der Waals surface area contributed by atoms with Crippen molar-refractivity contribution < 1.29 is 4.74 Å². The van der Waals surface area contributed by atoms with Crippen LogP contribution >= 0.6 is 24.0 Å². The monoisotopic (exact) mass is 450 g/mol. The number of H-pyrrole nitrogens is 1. The Morgan fingerprint density at radius 1 is 1.16 bits per heavy atom. The van der Waals surface area contributed by atoms with E-state index in [0.29, 0.717) is 12.5 Å². The number of nitrogens with two attached hydrogens (primary N) is 1. The van der Waals surface area contributed by atoms with Gasteiger partial charge in [-0.25, -0.2) is 0 Å². The minimum absolute atomic E-state index is 0. The molecule has 0 saturated heterocycles. The average Bonchev–Trinajstić information content (AvgIpc) is 2.91. The summed E-state index contributed by atoms with van der Waals surface area (Å²) in [6.07, 6.45) is 0.848. The lowest BCUT2D eigenvalue weighted by Crippen LogP contribution is -2.23. The largest absolute Gasteiger partial charge is 0.497 e. The lowest BCUT2D eigenvalue weighted by molar-refractivity contribution is 0.415. The Labute approximate surface area is 164 Å². The van der Waals surface area contributed by atoms with Crippen LogP contribution in [0, 0.1) is 6.92 Å². The van der Waals surface area contributed by atoms with E-state index in [9.17, 15) is 0 Å². The molecule has 0 spiro atoms. The van der Waals surface area contributed by atoms with Crippen molar-refractivity contribution in [3.05, 3.63) is 59.8 Å². The van der Waals surface area contributed by atoms with Gasteiger partial charge in [-0.1, -0.05) is 18.2 Å². The lowest BCUT2D eigenvalue weighted by atomic mass is 10.1. The second-order valence-corrected chi connectivity index (χ2v) is 5.64. The fraction of sp³-hybridized carbons (Fsp3) is 0.211. The molecule has 0 radical (unpaired) electrons. The van der Waals surface area contributed by atoms with E-state index in [0.717, 1.165) is 17.9 Å². The first kappa shape index (κ1) is 19.1. The van der Waals surface area contributed by atoms with E-state index in [4.69, 9.17) is 10.5 Å². The molecule has 0 aliphatic heterocycles. The van der Waals surface area contributed by atoms with Gasteiger partial charge >= 0.3 is 0 Å². The second-order valence-electron chi connectivity index (χ2n) is 5.64. The summed E-state index contributed by atoms with van der Waals surface area (Å²) in [5.74, 6) is 1.23. The van der Waals surface area contributed by atoms with E-state index in [1.165, 1.54) is 22.2 Å². The number of aromatic nitrogens is 1. The number of aryl methyl sites for hydroxylation is 1. The summed E-state index contributed by atoms with van der Waals surface area (Å²) in [5, 5.41) is 4.35. The normalized spacial score (nSPS) is 11.2. The predicted octanol–water partition coefficient (Wildman–Crippen LogP) is 4.07. The quantitative estimate of drug-likeness (QED) is 0.312. The van der Waals surface area contributed by atoms with Crippen molar-refractivity contribution in [1.82, 2.24) is 4.98 Å². The highest BCUT2D eigenvalue weighted by molar-refractivity contribution is 14.0. The summed E-state index contributed by atoms with van der Waals surface area (Å²) in [4.78, 5) is 7.83. The third-order valence-corrected chi connectivity index (χ3v) is 4.03. The highest BCUT2D eigenvalue weighted by Crippen LogP contribution is 2.22. The van der Waals surface area contributed by atoms with Crippen molar-refractivity contribution in [2.45, 2.75) is 13.3 Å². The van der Waals surface area contributed by atoms with E-state index in [-0.39, 0.29) is 24.0 Å². The standard InChI is InChI=1S/C19H22N4O.HI/c1-13-16(17-5-3-4-6-18(17)22-13)11-12-21-19(20)23-14-7-9-15(24-2)10-8-14;/h3-10,22H,11-12H2,1-2H3,(H3,20,21,23);1H. The molecule has 132 valence electrons. The molecule has 3 aromatic rings. The Morgan fingerprint density at radius 2 is 1.88 bits per heavy atom. The zero-order valence-corrected chi connectivity index (χ0v) is 16.7. The van der Waals surface area contributed by atoms with Crippen molar-refractivity contribution in [2.24, 2.45) is 10.7 Å². The van der Waals surface area contributed by atoms with Crippen LogP contribution in [-0.2, 0) is 6.42 Å². The number of fused-ring (bicyclic) bond motifs is 1. The molecular formula is C19H23IN4O. The van der Waals surface area contributed by atoms with Crippen LogP contribution in [0.25, 0.3) is 10.9 Å². The molecule has 0 bridgehead atoms. The molecule has 3 rings (SSSR count). The second kappa shape index (κ2) is 8.75. The Morgan fingerprint density at radius 3 is 2.60 bits per heavy atom. The summed E-state index contributed by atoms with van der Waals surface area (Å²) in [6.45, 7) is 2.73. The van der Waals surface area contributed by atoms with Gasteiger partial charge < -0.3 is 20.8 Å². The number of hydrogen-bond donors (Lipinski definition) is 3. The third kappa shape index (κ3) is 4.66. The van der Waals surface area contributed by atoms with E-state index in [1.54, 1.807) is 7.11 Å². The molecule has 0 amide bonds. The first-order valence-electron chi connectivity index (χ1n) is 7.94. The van der Waals surface area contributed by atoms with Gasteiger partial charge in [0.25, 0.3) is 0 Å². The minimum Gasteiger partial charge on any atom is -0.497 e. The number of aliphatic imine (C=N–C) groups is 1. The maximum absolute atomic E-state index is 5.97. The number of rotatable bonds is 5. The van der Waals surface area contributed by atoms with Gasteiger partial charge in [0.15, 0.2) is 5.96 Å². The van der Waals surface area contributed by atoms with Gasteiger partial charge in [-0.3, -0.25) is 4.99 Å². The summed E-state index contributed by atoms with van der Waals surface area (Å²) in [5.41, 5.74) is 10.5. The zero-order chi connectivity index (χ0) is 16.9. The molecule has 2 aromatic carbocycles. The fourth-order valence-electron chi connectivity index (χ4n) is 2.81. The number of ether oxygens (including phenoxy) is 1. The summed E-state index contributed by atoms with van der Waals surface area (Å²) >= 11 is 0. The van der Waals surface area contributed by atoms with E-state index in [2.05, 4.69) is 40.4 Å². The maximum atomic E-state index is 5.97. The van der Waals surface area contributed by atoms with Gasteiger partial charge in [-0.2, -0.15) is 0 Å². The first-order valence-corrected chi connectivity index (χ1v) is 7.94. The SMILES string of the molecule is COc1ccc(NC(N)=NCCc2c(C)[nH]c3ccccc23)cc1.I. The molecule has 1 aromatic heterocycles. The molecule has 1 heterocycles. The van der Waals surface area contributed by atoms with Gasteiger partial charge in [0.1, 0.15) is 5.75 Å². The highest BCUT2D eigenvalue weighted by atomic mass is 127. The van der Waals surface area contributed by atoms with Crippen molar-refractivity contribution in [3.63, 3.8) is 0 Å². The minimum atomic E-state index is 0. The summed E-state index contributed by atoms with van der Waals surface area (Å²) in [6, 6.07) is 15.9. The molecule has 0 aliphatic rings. The first-order chi connectivity index (χ1) is 11.7. The van der Waals surface area contributed by atoms with Gasteiger partial charge in [-0.15, -0.1) is 24.0 Å². The number of benzene rings is 2. The summed E-state index contributed by atoms with van der Waals surface area (Å²) in [7, 11) is 1.64. The van der Waals surface area contributed by atoms with E-state index in [1.807, 2.05) is 30.3 Å². The molecule has 5 nitrogen and oxygen atoms in total. The number of methoxy groups -OCH3 is 1. The Balaban J connectivity index is 0.00000225. The molecule has 0 atom stereocenters. The number of halogens is 1. The Bertz CT molecular complexity index is 855. The Kier molecular flexibility index (Phi) is 6.69. The van der Waals surface area contributed by atoms with Gasteiger partial charge in [0, 0.05) is 28.8 Å². The molecule has 0 unspecified atom stereocenters. The number of para-hydroxylation sites is 1. The number of nitrogens with zero attached hydrogens (tertiary/aromatic N) is 1. The molecular weight excluding hydrogens is 427 g/mol. The third-order valence-electron chi connectivity index (χ3n) is 4.03. The van der Waals surface area contributed by atoms with Crippen LogP contribution in [0.4, 0.5) is 5.69 Å². The molecule has 25 heavy (non-hydrogen) atoms. The summed E-state index contributed by atoms with van der Waals surface area (Å²) < 4.78 is 5.13. The van der Waals surface area contributed by atoms with Crippen molar-refractivity contribution >= 4 is 46.5 Å². The van der Waals surface area contributed by atoms with Crippen LogP contribution in [0.5, 0.6) is 5.75 Å². The predicted molar refractivity (Wildman–Crippen MR) is 115 cm³/mol. The van der Waals surface area contributed by atoms with Crippen LogP contribution in [0.1, 0.15) is 11.3 Å². The van der Waals surface area contributed by atoms with Crippen molar-refractivity contribution in [2.75, 3.05) is 19.0 Å². The highest BCUT2D eigenvalue weighted by Gasteiger charge is 2.07. The van der Waals surface area contributed by atoms with Crippen LogP contribution in [-0.4, -0.2) is 24.6 Å². The number of hydrogen-bond acceptors (Lipinski definition) is 2. The van der Waals surface area contributed by atoms with Gasteiger partial charge in [0.2, 0.25) is 0 Å². The molecule has 6 heteroatoms. The smallest absolute Gasteiger partial charge is 0.193 e. The van der Waals surface area contributed by atoms with E-state index >= 15 is 0 Å². The van der Waals surface area contributed by atoms with Crippen LogP contribution in [0.3, 0.4) is 0 Å². The van der Waals surface area contributed by atoms with Gasteiger partial charge in [-0.05, 0) is 49.2 Å². The molecule has 0 aliphatic carbocycles. The maximum Gasteiger partial charge on any atom is 0.193 e. The average molecular weight is 450 g/mol. The van der Waals surface area contributed by atoms with E-state index < -0.39 is 0 Å². The van der Waals surface area contributed by atoms with Crippen molar-refractivity contribution in [1.29, 1.82) is 0 Å². The number of anilines is 1. The lowest BCUT2D eigenvalue weighted by Gasteiger charge is -2.07. The van der Waals surface area contributed by atoms with Gasteiger partial charge in [0.05, 0.1) is 7.11 Å². The number of nitrogens with one attached hydrogen (secondary N) is 2. The molecule has 0 fully saturated rings. The van der Waals surface area contributed by atoms with Crippen LogP contribution in [0.2, 0.25) is 0 Å². The number of aromatic amines is 1. The number of guanidine groups is 1.